The molecule has 1 atom stereocenters. The Morgan fingerprint density at radius 1 is 1.12 bits per heavy atom. The van der Waals surface area contributed by atoms with Crippen LogP contribution in [0.15, 0.2) is 53.4 Å². The summed E-state index contributed by atoms with van der Waals surface area (Å²) in [6, 6.07) is 15.6. The smallest absolute Gasteiger partial charge is 0.233 e. The molecule has 0 radical (unpaired) electrons. The fourth-order valence-corrected chi connectivity index (χ4v) is 3.38. The molecule has 0 unspecified atom stereocenters. The highest BCUT2D eigenvalue weighted by molar-refractivity contribution is 8.00. The average molecular weight is 378 g/mol. The van der Waals surface area contributed by atoms with E-state index in [9.17, 15) is 4.79 Å². The van der Waals surface area contributed by atoms with Gasteiger partial charge in [0.25, 0.3) is 0 Å². The summed E-state index contributed by atoms with van der Waals surface area (Å²) >= 11 is 7.45. The number of aryl methyl sites for hydroxylation is 1. The van der Waals surface area contributed by atoms with Crippen molar-refractivity contribution in [1.29, 1.82) is 0 Å². The van der Waals surface area contributed by atoms with Gasteiger partial charge in [-0.3, -0.25) is 4.79 Å². The van der Waals surface area contributed by atoms with Gasteiger partial charge in [0.2, 0.25) is 5.91 Å². The minimum atomic E-state index is -0.120. The predicted molar refractivity (Wildman–Crippen MR) is 106 cm³/mol. The van der Waals surface area contributed by atoms with Crippen molar-refractivity contribution in [2.45, 2.75) is 36.8 Å². The number of hydrogen-bond donors (Lipinski definition) is 1. The highest BCUT2D eigenvalue weighted by Gasteiger charge is 2.17. The van der Waals surface area contributed by atoms with Crippen molar-refractivity contribution in [3.05, 3.63) is 59.1 Å². The van der Waals surface area contributed by atoms with Crippen LogP contribution in [0.5, 0.6) is 5.75 Å². The van der Waals surface area contributed by atoms with Crippen LogP contribution in [0.25, 0.3) is 0 Å². The highest BCUT2D eigenvalue weighted by Crippen LogP contribution is 2.26. The van der Waals surface area contributed by atoms with E-state index in [1.165, 1.54) is 5.56 Å². The second-order valence-corrected chi connectivity index (χ2v) is 7.32. The normalized spacial score (nSPS) is 11.8. The quantitative estimate of drug-likeness (QED) is 0.495. The predicted octanol–water partition coefficient (Wildman–Crippen LogP) is 4.97. The van der Waals surface area contributed by atoms with Gasteiger partial charge in [-0.05, 0) is 54.8 Å². The van der Waals surface area contributed by atoms with Gasteiger partial charge in [-0.15, -0.1) is 11.8 Å². The number of benzene rings is 2. The monoisotopic (exact) mass is 377 g/mol. The lowest BCUT2D eigenvalue weighted by Gasteiger charge is -2.15. The van der Waals surface area contributed by atoms with Crippen molar-refractivity contribution >= 4 is 29.3 Å². The SMILES string of the molecule is CCc1ccc(OCCNC(=O)[C@@H](CC)Sc2ccc(Cl)cc2)cc1. The van der Waals surface area contributed by atoms with E-state index in [0.717, 1.165) is 23.5 Å². The maximum atomic E-state index is 12.3. The molecule has 2 rings (SSSR count). The number of hydrogen-bond acceptors (Lipinski definition) is 3. The van der Waals surface area contributed by atoms with E-state index >= 15 is 0 Å². The molecule has 1 N–H and O–H groups in total. The Morgan fingerprint density at radius 3 is 2.40 bits per heavy atom. The lowest BCUT2D eigenvalue weighted by molar-refractivity contribution is -0.120. The van der Waals surface area contributed by atoms with Crippen molar-refractivity contribution in [3.63, 3.8) is 0 Å². The first-order chi connectivity index (χ1) is 12.1. The molecule has 2 aromatic carbocycles. The Labute approximate surface area is 159 Å². The van der Waals surface area contributed by atoms with E-state index in [-0.39, 0.29) is 11.2 Å². The number of ether oxygens (including phenoxy) is 1. The Kier molecular flexibility index (Phi) is 8.16. The largest absolute Gasteiger partial charge is 0.492 e. The van der Waals surface area contributed by atoms with Gasteiger partial charge < -0.3 is 10.1 Å². The molecule has 1 amide bonds. The average Bonchev–Trinajstić information content (AvgIpc) is 2.65. The van der Waals surface area contributed by atoms with Crippen LogP contribution in [0.4, 0.5) is 0 Å². The van der Waals surface area contributed by atoms with Crippen LogP contribution in [-0.2, 0) is 11.2 Å². The summed E-state index contributed by atoms with van der Waals surface area (Å²) < 4.78 is 5.66. The first-order valence-electron chi connectivity index (χ1n) is 8.54. The zero-order valence-electron chi connectivity index (χ0n) is 14.6. The number of thioether (sulfide) groups is 1. The van der Waals surface area contributed by atoms with E-state index < -0.39 is 0 Å². The standard InChI is InChI=1S/C20H24ClNO2S/c1-3-15-5-9-17(10-6-15)24-14-13-22-20(23)19(4-2)25-18-11-7-16(21)8-12-18/h5-12,19H,3-4,13-14H2,1-2H3,(H,22,23)/t19-/m1/s1. The van der Waals surface area contributed by atoms with Crippen LogP contribution in [0.1, 0.15) is 25.8 Å². The van der Waals surface area contributed by atoms with Gasteiger partial charge in [0.1, 0.15) is 12.4 Å². The van der Waals surface area contributed by atoms with Crippen LogP contribution in [-0.4, -0.2) is 24.3 Å². The maximum absolute atomic E-state index is 12.3. The van der Waals surface area contributed by atoms with Gasteiger partial charge in [0.15, 0.2) is 0 Å². The van der Waals surface area contributed by atoms with Crippen molar-refractivity contribution in [2.75, 3.05) is 13.2 Å². The molecule has 0 saturated heterocycles. The molecule has 0 aliphatic carbocycles. The van der Waals surface area contributed by atoms with E-state index in [4.69, 9.17) is 16.3 Å². The first-order valence-corrected chi connectivity index (χ1v) is 9.79. The third-order valence-corrected chi connectivity index (χ3v) is 5.39. The minimum Gasteiger partial charge on any atom is -0.492 e. The third kappa shape index (κ3) is 6.63. The Hall–Kier alpha value is -1.65. The molecule has 0 spiro atoms. The molecule has 134 valence electrons. The topological polar surface area (TPSA) is 38.3 Å². The fourth-order valence-electron chi connectivity index (χ4n) is 2.28. The van der Waals surface area contributed by atoms with Gasteiger partial charge in [-0.2, -0.15) is 0 Å². The Bertz CT molecular complexity index is 658. The summed E-state index contributed by atoms with van der Waals surface area (Å²) in [5.41, 5.74) is 1.28. The number of carbonyl (C=O) groups is 1. The summed E-state index contributed by atoms with van der Waals surface area (Å²) in [4.78, 5) is 13.4. The molecule has 0 bridgehead atoms. The van der Waals surface area contributed by atoms with Gasteiger partial charge in [0.05, 0.1) is 11.8 Å². The van der Waals surface area contributed by atoms with Gasteiger partial charge in [-0.25, -0.2) is 0 Å². The van der Waals surface area contributed by atoms with Crippen molar-refractivity contribution in [1.82, 2.24) is 5.32 Å². The van der Waals surface area contributed by atoms with Gasteiger partial charge in [-0.1, -0.05) is 37.6 Å². The molecule has 3 nitrogen and oxygen atoms in total. The van der Waals surface area contributed by atoms with E-state index in [1.807, 2.05) is 43.3 Å². The number of rotatable bonds is 9. The number of halogens is 1. The molecule has 0 aromatic heterocycles. The van der Waals surface area contributed by atoms with Crippen LogP contribution in [0.3, 0.4) is 0 Å². The van der Waals surface area contributed by atoms with E-state index in [0.29, 0.717) is 18.2 Å². The first kappa shape index (κ1) is 19.7. The van der Waals surface area contributed by atoms with Crippen molar-refractivity contribution < 1.29 is 9.53 Å². The zero-order chi connectivity index (χ0) is 18.1. The molecule has 0 aliphatic rings. The summed E-state index contributed by atoms with van der Waals surface area (Å²) in [7, 11) is 0. The molecule has 0 aliphatic heterocycles. The van der Waals surface area contributed by atoms with E-state index in [2.05, 4.69) is 24.4 Å². The molecular weight excluding hydrogens is 354 g/mol. The van der Waals surface area contributed by atoms with Crippen molar-refractivity contribution in [3.8, 4) is 5.75 Å². The maximum Gasteiger partial charge on any atom is 0.233 e. The molecule has 0 fully saturated rings. The minimum absolute atomic E-state index is 0.0346. The summed E-state index contributed by atoms with van der Waals surface area (Å²) in [5, 5.41) is 3.53. The fraction of sp³-hybridized carbons (Fsp3) is 0.350. The Balaban J connectivity index is 1.74. The van der Waals surface area contributed by atoms with Gasteiger partial charge >= 0.3 is 0 Å². The molecule has 2 aromatic rings. The van der Waals surface area contributed by atoms with Crippen molar-refractivity contribution in [2.24, 2.45) is 0 Å². The zero-order valence-corrected chi connectivity index (χ0v) is 16.2. The van der Waals surface area contributed by atoms with E-state index in [1.54, 1.807) is 11.8 Å². The molecule has 0 heterocycles. The molecule has 5 heteroatoms. The highest BCUT2D eigenvalue weighted by atomic mass is 35.5. The summed E-state index contributed by atoms with van der Waals surface area (Å²) in [6.45, 7) is 5.09. The number of nitrogens with one attached hydrogen (secondary N) is 1. The summed E-state index contributed by atoms with van der Waals surface area (Å²) in [6.07, 6.45) is 1.78. The third-order valence-electron chi connectivity index (χ3n) is 3.76. The Morgan fingerprint density at radius 2 is 1.80 bits per heavy atom. The van der Waals surface area contributed by atoms with Gasteiger partial charge in [0, 0.05) is 9.92 Å². The number of carbonyl (C=O) groups excluding carboxylic acids is 1. The van der Waals surface area contributed by atoms with Crippen LogP contribution in [0.2, 0.25) is 5.02 Å². The number of amides is 1. The second-order valence-electron chi connectivity index (χ2n) is 5.61. The van der Waals surface area contributed by atoms with Crippen LogP contribution >= 0.6 is 23.4 Å². The molecule has 25 heavy (non-hydrogen) atoms. The van der Waals surface area contributed by atoms with Crippen LogP contribution < -0.4 is 10.1 Å². The lowest BCUT2D eigenvalue weighted by atomic mass is 10.2. The second kappa shape index (κ2) is 10.4. The lowest BCUT2D eigenvalue weighted by Crippen LogP contribution is -2.35. The molecular formula is C20H24ClNO2S. The van der Waals surface area contributed by atoms with Crippen LogP contribution in [0, 0.1) is 0 Å². The molecule has 0 saturated carbocycles. The summed E-state index contributed by atoms with van der Waals surface area (Å²) in [5.74, 6) is 0.862.